The standard InChI is InChI=1S/C18H19Cl2N3O5/c1-2-28-18(27)22-7-5-21(6-8-22)15(24)3-4-23-16(25)11-9-13(19)14(20)10-12(11)17(23)26/h9-10H,2-8H2,1H3. The lowest BCUT2D eigenvalue weighted by atomic mass is 10.1. The molecule has 0 atom stereocenters. The Labute approximate surface area is 171 Å². The Morgan fingerprint density at radius 2 is 1.46 bits per heavy atom. The number of piperazine rings is 1. The largest absolute Gasteiger partial charge is 0.450 e. The molecule has 150 valence electrons. The first kappa shape index (κ1) is 20.4. The minimum Gasteiger partial charge on any atom is -0.450 e. The monoisotopic (exact) mass is 427 g/mol. The molecule has 0 aromatic heterocycles. The van der Waals surface area contributed by atoms with Gasteiger partial charge in [-0.25, -0.2) is 4.79 Å². The van der Waals surface area contributed by atoms with Crippen LogP contribution in [0.4, 0.5) is 4.79 Å². The Hall–Kier alpha value is -2.32. The van der Waals surface area contributed by atoms with Gasteiger partial charge in [-0.15, -0.1) is 0 Å². The van der Waals surface area contributed by atoms with Gasteiger partial charge in [0.05, 0.1) is 27.8 Å². The molecule has 1 fully saturated rings. The quantitative estimate of drug-likeness (QED) is 0.687. The second-order valence-corrected chi connectivity index (χ2v) is 7.20. The third-order valence-electron chi connectivity index (χ3n) is 4.72. The van der Waals surface area contributed by atoms with Gasteiger partial charge in [-0.2, -0.15) is 0 Å². The van der Waals surface area contributed by atoms with Gasteiger partial charge in [-0.3, -0.25) is 19.3 Å². The fraction of sp³-hybridized carbons (Fsp3) is 0.444. The van der Waals surface area contributed by atoms with Crippen LogP contribution in [0.25, 0.3) is 0 Å². The van der Waals surface area contributed by atoms with E-state index < -0.39 is 17.9 Å². The van der Waals surface area contributed by atoms with Gasteiger partial charge in [-0.1, -0.05) is 23.2 Å². The molecule has 0 aliphatic carbocycles. The maximum absolute atomic E-state index is 12.5. The normalized spacial score (nSPS) is 16.5. The average molecular weight is 428 g/mol. The van der Waals surface area contributed by atoms with Crippen molar-refractivity contribution in [1.82, 2.24) is 14.7 Å². The predicted octanol–water partition coefficient (Wildman–Crippen LogP) is 2.28. The number of halogens is 2. The van der Waals surface area contributed by atoms with E-state index in [2.05, 4.69) is 0 Å². The highest BCUT2D eigenvalue weighted by Gasteiger charge is 2.36. The van der Waals surface area contributed by atoms with Crippen LogP contribution in [0.3, 0.4) is 0 Å². The highest BCUT2D eigenvalue weighted by Crippen LogP contribution is 2.31. The van der Waals surface area contributed by atoms with E-state index in [-0.39, 0.29) is 40.0 Å². The number of hydrogen-bond donors (Lipinski definition) is 0. The maximum atomic E-state index is 12.5. The highest BCUT2D eigenvalue weighted by atomic mass is 35.5. The minimum atomic E-state index is -0.488. The Bertz CT molecular complexity index is 796. The van der Waals surface area contributed by atoms with Crippen molar-refractivity contribution in [2.24, 2.45) is 0 Å². The van der Waals surface area contributed by atoms with Gasteiger partial charge in [0.2, 0.25) is 5.91 Å². The molecule has 1 saturated heterocycles. The fourth-order valence-electron chi connectivity index (χ4n) is 3.21. The molecule has 0 spiro atoms. The minimum absolute atomic E-state index is 0.00629. The van der Waals surface area contributed by atoms with E-state index in [1.54, 1.807) is 16.7 Å². The molecule has 0 N–H and O–H groups in total. The molecule has 4 amide bonds. The predicted molar refractivity (Wildman–Crippen MR) is 102 cm³/mol. The van der Waals surface area contributed by atoms with E-state index in [1.165, 1.54) is 12.1 Å². The van der Waals surface area contributed by atoms with Gasteiger partial charge >= 0.3 is 6.09 Å². The van der Waals surface area contributed by atoms with Crippen LogP contribution in [-0.4, -0.2) is 77.8 Å². The number of fused-ring (bicyclic) bond motifs is 1. The van der Waals surface area contributed by atoms with Gasteiger partial charge < -0.3 is 14.5 Å². The SMILES string of the molecule is CCOC(=O)N1CCN(C(=O)CCN2C(=O)c3cc(Cl)c(Cl)cc3C2=O)CC1. The van der Waals surface area contributed by atoms with Gasteiger partial charge in [0, 0.05) is 39.1 Å². The first-order valence-corrected chi connectivity index (χ1v) is 9.63. The molecule has 0 bridgehead atoms. The van der Waals surface area contributed by atoms with Crippen LogP contribution in [0.1, 0.15) is 34.1 Å². The van der Waals surface area contributed by atoms with Gasteiger partial charge in [0.1, 0.15) is 0 Å². The third-order valence-corrected chi connectivity index (χ3v) is 5.44. The van der Waals surface area contributed by atoms with Crippen molar-refractivity contribution < 1.29 is 23.9 Å². The molecule has 0 unspecified atom stereocenters. The number of nitrogens with zero attached hydrogens (tertiary/aromatic N) is 3. The van der Waals surface area contributed by atoms with E-state index in [4.69, 9.17) is 27.9 Å². The smallest absolute Gasteiger partial charge is 0.409 e. The molecular weight excluding hydrogens is 409 g/mol. The maximum Gasteiger partial charge on any atom is 0.409 e. The Balaban J connectivity index is 1.55. The van der Waals surface area contributed by atoms with E-state index in [1.807, 2.05) is 0 Å². The second-order valence-electron chi connectivity index (χ2n) is 6.39. The number of imide groups is 1. The average Bonchev–Trinajstić information content (AvgIpc) is 2.90. The molecule has 2 aliphatic heterocycles. The first-order valence-electron chi connectivity index (χ1n) is 8.88. The molecule has 0 saturated carbocycles. The lowest BCUT2D eigenvalue weighted by molar-refractivity contribution is -0.132. The summed E-state index contributed by atoms with van der Waals surface area (Å²) < 4.78 is 4.95. The molecule has 1 aromatic rings. The van der Waals surface area contributed by atoms with Gasteiger partial charge in [0.25, 0.3) is 11.8 Å². The van der Waals surface area contributed by atoms with E-state index in [9.17, 15) is 19.2 Å². The number of carbonyl (C=O) groups is 4. The van der Waals surface area contributed by atoms with Crippen molar-refractivity contribution in [1.29, 1.82) is 0 Å². The summed E-state index contributed by atoms with van der Waals surface area (Å²) in [6.07, 6.45) is -0.385. The topological polar surface area (TPSA) is 87.2 Å². The summed E-state index contributed by atoms with van der Waals surface area (Å²) in [5.41, 5.74) is 0.379. The van der Waals surface area contributed by atoms with Crippen LogP contribution in [0.2, 0.25) is 10.0 Å². The Kier molecular flexibility index (Phi) is 6.10. The van der Waals surface area contributed by atoms with Crippen molar-refractivity contribution in [3.05, 3.63) is 33.3 Å². The zero-order valence-electron chi connectivity index (χ0n) is 15.2. The lowest BCUT2D eigenvalue weighted by Crippen LogP contribution is -2.51. The van der Waals surface area contributed by atoms with Gasteiger partial charge in [-0.05, 0) is 19.1 Å². The van der Waals surface area contributed by atoms with Crippen molar-refractivity contribution in [2.75, 3.05) is 39.3 Å². The van der Waals surface area contributed by atoms with E-state index in [0.29, 0.717) is 32.8 Å². The first-order chi connectivity index (χ1) is 13.3. The molecule has 28 heavy (non-hydrogen) atoms. The van der Waals surface area contributed by atoms with Crippen LogP contribution >= 0.6 is 23.2 Å². The molecular formula is C18H19Cl2N3O5. The number of amides is 4. The zero-order chi connectivity index (χ0) is 20.4. The number of ether oxygens (including phenoxy) is 1. The van der Waals surface area contributed by atoms with Crippen LogP contribution in [0, 0.1) is 0 Å². The second kappa shape index (κ2) is 8.36. The van der Waals surface area contributed by atoms with Crippen LogP contribution < -0.4 is 0 Å². The van der Waals surface area contributed by atoms with Crippen molar-refractivity contribution in [3.8, 4) is 0 Å². The van der Waals surface area contributed by atoms with Crippen molar-refractivity contribution in [3.63, 3.8) is 0 Å². The van der Waals surface area contributed by atoms with Crippen LogP contribution in [-0.2, 0) is 9.53 Å². The third kappa shape index (κ3) is 3.93. The zero-order valence-corrected chi connectivity index (χ0v) is 16.8. The van der Waals surface area contributed by atoms with Crippen molar-refractivity contribution >= 4 is 47.0 Å². The Morgan fingerprint density at radius 1 is 0.964 bits per heavy atom. The summed E-state index contributed by atoms with van der Waals surface area (Å²) in [5, 5.41) is 0.387. The molecule has 3 rings (SSSR count). The number of hydrogen-bond acceptors (Lipinski definition) is 5. The van der Waals surface area contributed by atoms with E-state index in [0.717, 1.165) is 4.90 Å². The summed E-state index contributed by atoms with van der Waals surface area (Å²) in [6.45, 7) is 3.53. The summed E-state index contributed by atoms with van der Waals surface area (Å²) in [4.78, 5) is 53.3. The van der Waals surface area contributed by atoms with Crippen LogP contribution in [0.5, 0.6) is 0 Å². The Morgan fingerprint density at radius 3 is 1.96 bits per heavy atom. The molecule has 0 radical (unpaired) electrons. The highest BCUT2D eigenvalue weighted by molar-refractivity contribution is 6.43. The lowest BCUT2D eigenvalue weighted by Gasteiger charge is -2.34. The van der Waals surface area contributed by atoms with Gasteiger partial charge in [0.15, 0.2) is 0 Å². The molecule has 10 heteroatoms. The molecule has 8 nitrogen and oxygen atoms in total. The molecule has 1 aromatic carbocycles. The molecule has 2 heterocycles. The van der Waals surface area contributed by atoms with Crippen LogP contribution in [0.15, 0.2) is 12.1 Å². The number of benzene rings is 1. The fourth-order valence-corrected chi connectivity index (χ4v) is 3.53. The summed E-state index contributed by atoms with van der Waals surface area (Å²) in [7, 11) is 0. The van der Waals surface area contributed by atoms with Crippen molar-refractivity contribution in [2.45, 2.75) is 13.3 Å². The number of rotatable bonds is 4. The summed E-state index contributed by atoms with van der Waals surface area (Å²) >= 11 is 11.8. The summed E-state index contributed by atoms with van der Waals surface area (Å²) in [5.74, 6) is -1.16. The van der Waals surface area contributed by atoms with E-state index >= 15 is 0 Å². The summed E-state index contributed by atoms with van der Waals surface area (Å²) in [6, 6.07) is 2.74. The molecule has 2 aliphatic rings. The number of carbonyl (C=O) groups excluding carboxylic acids is 4.